The maximum Gasteiger partial charge on any atom is 0.311 e. The van der Waals surface area contributed by atoms with Crippen molar-refractivity contribution in [1.29, 1.82) is 0 Å². The maximum atomic E-state index is 10.9. The molecule has 0 N–H and O–H groups in total. The zero-order chi connectivity index (χ0) is 7.72. The predicted octanol–water partition coefficient (Wildman–Crippen LogP) is 0.440. The molecule has 1 aliphatic carbocycles. The van der Waals surface area contributed by atoms with Crippen LogP contribution < -0.4 is 0 Å². The molecule has 0 heterocycles. The highest BCUT2D eigenvalue weighted by Gasteiger charge is 2.53. The molecule has 3 heteroatoms. The molecule has 1 aliphatic rings. The maximum absolute atomic E-state index is 10.9. The lowest BCUT2D eigenvalue weighted by Gasteiger charge is -1.94. The van der Waals surface area contributed by atoms with E-state index in [1.807, 2.05) is 6.92 Å². The number of carbonyl (C=O) groups is 1. The summed E-state index contributed by atoms with van der Waals surface area (Å²) in [5, 5.41) is 0. The van der Waals surface area contributed by atoms with Crippen LogP contribution in [0.5, 0.6) is 0 Å². The van der Waals surface area contributed by atoms with Gasteiger partial charge in [0.25, 0.3) is 0 Å². The normalized spacial score (nSPS) is 37.3. The van der Waals surface area contributed by atoms with Gasteiger partial charge in [-0.3, -0.25) is 4.79 Å². The number of esters is 1. The molecule has 58 valence electrons. The molecule has 1 fully saturated rings. The minimum atomic E-state index is -0.153. The van der Waals surface area contributed by atoms with Crippen molar-refractivity contribution in [3.63, 3.8) is 0 Å². The molecule has 0 aromatic carbocycles. The first kappa shape index (κ1) is 7.54. The Balaban J connectivity index is 2.40. The highest BCUT2D eigenvalue weighted by atomic mass is 16.5. The van der Waals surface area contributed by atoms with E-state index in [1.165, 1.54) is 7.11 Å². The van der Waals surface area contributed by atoms with Gasteiger partial charge in [0, 0.05) is 7.11 Å². The van der Waals surface area contributed by atoms with Crippen LogP contribution in [0.4, 0.5) is 0 Å². The van der Waals surface area contributed by atoms with Gasteiger partial charge in [0.2, 0.25) is 0 Å². The Labute approximate surface area is 60.3 Å². The third-order valence-electron chi connectivity index (χ3n) is 2.04. The van der Waals surface area contributed by atoms with Gasteiger partial charge in [-0.15, -0.1) is 0 Å². The van der Waals surface area contributed by atoms with Crippen LogP contribution in [0.25, 0.3) is 0 Å². The number of carbonyl (C=O) groups excluding carboxylic acids is 1. The first-order valence-electron chi connectivity index (χ1n) is 3.33. The van der Waals surface area contributed by atoms with Gasteiger partial charge in [-0.25, -0.2) is 0 Å². The third kappa shape index (κ3) is 1.01. The van der Waals surface area contributed by atoms with E-state index < -0.39 is 0 Å². The molecule has 0 unspecified atom stereocenters. The van der Waals surface area contributed by atoms with Crippen molar-refractivity contribution < 1.29 is 14.3 Å². The fraction of sp³-hybridized carbons (Fsp3) is 0.857. The molecular formula is C7H12O3. The largest absolute Gasteiger partial charge is 0.469 e. The molecule has 3 nitrogen and oxygen atoms in total. The van der Waals surface area contributed by atoms with Gasteiger partial charge < -0.3 is 9.47 Å². The van der Waals surface area contributed by atoms with Crippen LogP contribution >= 0.6 is 0 Å². The van der Waals surface area contributed by atoms with Crippen LogP contribution in [0.2, 0.25) is 0 Å². The SMILES string of the molecule is COC(=O)[C@@H]1[C@H](C)[C@H]1OC. The molecular weight excluding hydrogens is 132 g/mol. The van der Waals surface area contributed by atoms with Crippen LogP contribution in [0.3, 0.4) is 0 Å². The summed E-state index contributed by atoms with van der Waals surface area (Å²) in [6.45, 7) is 1.98. The lowest BCUT2D eigenvalue weighted by atomic mass is 10.3. The molecule has 0 aromatic heterocycles. The summed E-state index contributed by atoms with van der Waals surface area (Å²) >= 11 is 0. The minimum absolute atomic E-state index is 0.0185. The zero-order valence-electron chi connectivity index (χ0n) is 6.46. The van der Waals surface area contributed by atoms with E-state index >= 15 is 0 Å². The van der Waals surface area contributed by atoms with Crippen molar-refractivity contribution in [2.45, 2.75) is 13.0 Å². The second-order valence-electron chi connectivity index (χ2n) is 2.61. The average Bonchev–Trinajstić information content (AvgIpc) is 2.59. The molecule has 10 heavy (non-hydrogen) atoms. The fourth-order valence-electron chi connectivity index (χ4n) is 1.27. The average molecular weight is 144 g/mol. The predicted molar refractivity (Wildman–Crippen MR) is 35.5 cm³/mol. The summed E-state index contributed by atoms with van der Waals surface area (Å²) in [5.74, 6) is 0.159. The quantitative estimate of drug-likeness (QED) is 0.527. The summed E-state index contributed by atoms with van der Waals surface area (Å²) in [4.78, 5) is 10.9. The number of ether oxygens (including phenoxy) is 2. The Bertz CT molecular complexity index is 144. The Hall–Kier alpha value is -0.570. The van der Waals surface area contributed by atoms with E-state index in [2.05, 4.69) is 4.74 Å². The third-order valence-corrected chi connectivity index (χ3v) is 2.04. The zero-order valence-corrected chi connectivity index (χ0v) is 6.46. The fourth-order valence-corrected chi connectivity index (χ4v) is 1.27. The molecule has 0 aliphatic heterocycles. The van der Waals surface area contributed by atoms with Crippen molar-refractivity contribution in [2.24, 2.45) is 11.8 Å². The lowest BCUT2D eigenvalue weighted by molar-refractivity contribution is -0.143. The molecule has 1 saturated carbocycles. The first-order chi connectivity index (χ1) is 4.72. The summed E-state index contributed by atoms with van der Waals surface area (Å²) < 4.78 is 9.57. The topological polar surface area (TPSA) is 35.5 Å². The second kappa shape index (κ2) is 2.58. The standard InChI is InChI=1S/C7H12O3/c1-4-5(6(4)9-2)7(8)10-3/h4-6H,1-3H3/t4-,5+,6+/m0/s1. The Morgan fingerprint density at radius 1 is 1.40 bits per heavy atom. The van der Waals surface area contributed by atoms with Crippen LogP contribution in [0, 0.1) is 11.8 Å². The van der Waals surface area contributed by atoms with Gasteiger partial charge in [0.1, 0.15) is 0 Å². The number of hydrogen-bond acceptors (Lipinski definition) is 3. The highest BCUT2D eigenvalue weighted by Crippen LogP contribution is 2.41. The van der Waals surface area contributed by atoms with Crippen LogP contribution in [0.15, 0.2) is 0 Å². The number of hydrogen-bond donors (Lipinski definition) is 0. The van der Waals surface area contributed by atoms with E-state index in [0.717, 1.165) is 0 Å². The minimum Gasteiger partial charge on any atom is -0.469 e. The Kier molecular flexibility index (Phi) is 1.94. The summed E-state index contributed by atoms with van der Waals surface area (Å²) in [6.07, 6.45) is 0.0902. The van der Waals surface area contributed by atoms with Gasteiger partial charge >= 0.3 is 5.97 Å². The van der Waals surface area contributed by atoms with Gasteiger partial charge in [-0.1, -0.05) is 6.92 Å². The van der Waals surface area contributed by atoms with E-state index in [0.29, 0.717) is 5.92 Å². The van der Waals surface area contributed by atoms with Gasteiger partial charge in [0.15, 0.2) is 0 Å². The lowest BCUT2D eigenvalue weighted by Crippen LogP contribution is -2.07. The smallest absolute Gasteiger partial charge is 0.311 e. The number of methoxy groups -OCH3 is 2. The molecule has 0 spiro atoms. The van der Waals surface area contributed by atoms with E-state index in [-0.39, 0.29) is 18.0 Å². The Morgan fingerprint density at radius 3 is 2.30 bits per heavy atom. The summed E-state index contributed by atoms with van der Waals surface area (Å²) in [5.41, 5.74) is 0. The summed E-state index contributed by atoms with van der Waals surface area (Å²) in [6, 6.07) is 0. The summed E-state index contributed by atoms with van der Waals surface area (Å²) in [7, 11) is 3.02. The molecule has 3 atom stereocenters. The molecule has 1 rings (SSSR count). The molecule has 0 bridgehead atoms. The Morgan fingerprint density at radius 2 is 2.00 bits per heavy atom. The van der Waals surface area contributed by atoms with Gasteiger partial charge in [-0.05, 0) is 5.92 Å². The molecule has 0 saturated heterocycles. The van der Waals surface area contributed by atoms with Crippen molar-refractivity contribution in [1.82, 2.24) is 0 Å². The van der Waals surface area contributed by atoms with Crippen molar-refractivity contribution in [3.8, 4) is 0 Å². The van der Waals surface area contributed by atoms with Crippen molar-refractivity contribution >= 4 is 5.97 Å². The van der Waals surface area contributed by atoms with Crippen LogP contribution in [-0.4, -0.2) is 26.3 Å². The van der Waals surface area contributed by atoms with Crippen molar-refractivity contribution in [3.05, 3.63) is 0 Å². The molecule has 0 radical (unpaired) electrons. The van der Waals surface area contributed by atoms with E-state index in [9.17, 15) is 4.79 Å². The van der Waals surface area contributed by atoms with Gasteiger partial charge in [-0.2, -0.15) is 0 Å². The number of rotatable bonds is 2. The van der Waals surface area contributed by atoms with Crippen LogP contribution in [-0.2, 0) is 14.3 Å². The van der Waals surface area contributed by atoms with Crippen molar-refractivity contribution in [2.75, 3.05) is 14.2 Å². The monoisotopic (exact) mass is 144 g/mol. The first-order valence-corrected chi connectivity index (χ1v) is 3.33. The highest BCUT2D eigenvalue weighted by molar-refractivity contribution is 5.76. The van der Waals surface area contributed by atoms with E-state index in [4.69, 9.17) is 4.74 Å². The van der Waals surface area contributed by atoms with E-state index in [1.54, 1.807) is 7.11 Å². The molecule has 0 aromatic rings. The van der Waals surface area contributed by atoms with Gasteiger partial charge in [0.05, 0.1) is 19.1 Å². The second-order valence-corrected chi connectivity index (χ2v) is 2.61. The molecule has 0 amide bonds. The van der Waals surface area contributed by atoms with Crippen LogP contribution in [0.1, 0.15) is 6.92 Å².